The molecule has 6 nitrogen and oxygen atoms in total. The van der Waals surface area contributed by atoms with Gasteiger partial charge in [0.05, 0.1) is 12.8 Å². The summed E-state index contributed by atoms with van der Waals surface area (Å²) in [4.78, 5) is 27.9. The number of anilines is 1. The van der Waals surface area contributed by atoms with Crippen molar-refractivity contribution >= 4 is 29.0 Å². The van der Waals surface area contributed by atoms with E-state index in [0.29, 0.717) is 23.7 Å². The van der Waals surface area contributed by atoms with Gasteiger partial charge in [-0.05, 0) is 18.5 Å². The summed E-state index contributed by atoms with van der Waals surface area (Å²) in [5, 5.41) is 4.52. The molecule has 0 aromatic carbocycles. The molecule has 1 saturated heterocycles. The Balaban J connectivity index is 1.99. The fourth-order valence-electron chi connectivity index (χ4n) is 1.86. The average molecular weight is 283 g/mol. The lowest BCUT2D eigenvalue weighted by molar-refractivity contribution is 0.0607. The summed E-state index contributed by atoms with van der Waals surface area (Å²) in [6, 6.07) is 1.54. The van der Waals surface area contributed by atoms with E-state index in [1.807, 2.05) is 7.05 Å². The fraction of sp³-hybridized carbons (Fsp3) is 0.500. The first-order valence-electron chi connectivity index (χ1n) is 6.02. The van der Waals surface area contributed by atoms with Crippen molar-refractivity contribution in [3.05, 3.63) is 16.3 Å². The molecule has 0 saturated carbocycles. The quantitative estimate of drug-likeness (QED) is 0.831. The number of carbonyl (C=O) groups excluding carboxylic acids is 2. The lowest BCUT2D eigenvalue weighted by atomic mass is 10.3. The van der Waals surface area contributed by atoms with Crippen molar-refractivity contribution in [3.8, 4) is 0 Å². The van der Waals surface area contributed by atoms with Gasteiger partial charge in [0.15, 0.2) is 0 Å². The van der Waals surface area contributed by atoms with Gasteiger partial charge in [-0.3, -0.25) is 0 Å². The molecule has 1 N–H and O–H groups in total. The molecule has 0 bridgehead atoms. The number of piperazine rings is 1. The van der Waals surface area contributed by atoms with Crippen LogP contribution in [0.3, 0.4) is 0 Å². The highest BCUT2D eigenvalue weighted by molar-refractivity contribution is 7.12. The van der Waals surface area contributed by atoms with Crippen LogP contribution < -0.4 is 5.32 Å². The maximum atomic E-state index is 12.1. The van der Waals surface area contributed by atoms with E-state index in [1.54, 1.807) is 16.3 Å². The van der Waals surface area contributed by atoms with Crippen LogP contribution in [0.1, 0.15) is 9.67 Å². The van der Waals surface area contributed by atoms with Gasteiger partial charge in [0.2, 0.25) is 0 Å². The number of urea groups is 1. The van der Waals surface area contributed by atoms with Crippen LogP contribution >= 0.6 is 11.3 Å². The second-order valence-electron chi connectivity index (χ2n) is 4.38. The summed E-state index contributed by atoms with van der Waals surface area (Å²) in [7, 11) is 3.36. The minimum absolute atomic E-state index is 0.170. The van der Waals surface area contributed by atoms with Crippen LogP contribution in [0.2, 0.25) is 0 Å². The van der Waals surface area contributed by atoms with E-state index in [9.17, 15) is 9.59 Å². The monoisotopic (exact) mass is 283 g/mol. The van der Waals surface area contributed by atoms with Crippen LogP contribution in [0, 0.1) is 0 Å². The van der Waals surface area contributed by atoms with Crippen molar-refractivity contribution in [2.75, 3.05) is 45.7 Å². The summed E-state index contributed by atoms with van der Waals surface area (Å²) in [5.74, 6) is -0.427. The normalized spacial score (nSPS) is 16.2. The number of nitrogens with zero attached hydrogens (tertiary/aromatic N) is 2. The van der Waals surface area contributed by atoms with Gasteiger partial charge < -0.3 is 19.9 Å². The minimum Gasteiger partial charge on any atom is -0.465 e. The van der Waals surface area contributed by atoms with E-state index in [-0.39, 0.29) is 6.03 Å². The van der Waals surface area contributed by atoms with Crippen LogP contribution in [0.4, 0.5) is 10.5 Å². The van der Waals surface area contributed by atoms with Gasteiger partial charge in [-0.2, -0.15) is 0 Å². The maximum Gasteiger partial charge on any atom is 0.350 e. The lowest BCUT2D eigenvalue weighted by Crippen LogP contribution is -2.48. The summed E-state index contributed by atoms with van der Waals surface area (Å²) in [5.41, 5.74) is 0.515. The molecule has 19 heavy (non-hydrogen) atoms. The summed E-state index contributed by atoms with van der Waals surface area (Å²) >= 11 is 1.26. The van der Waals surface area contributed by atoms with Crippen molar-refractivity contribution in [2.24, 2.45) is 0 Å². The van der Waals surface area contributed by atoms with Crippen molar-refractivity contribution in [3.63, 3.8) is 0 Å². The Kier molecular flexibility index (Phi) is 4.39. The van der Waals surface area contributed by atoms with Gasteiger partial charge in [-0.1, -0.05) is 0 Å². The topological polar surface area (TPSA) is 61.9 Å². The molecule has 0 spiro atoms. The van der Waals surface area contributed by atoms with Gasteiger partial charge in [-0.15, -0.1) is 11.3 Å². The van der Waals surface area contributed by atoms with Crippen molar-refractivity contribution < 1.29 is 14.3 Å². The standard InChI is InChI=1S/C12H17N3O3S/c1-14-4-6-15(7-5-14)12(17)13-9-3-8-19-10(9)11(16)18-2/h3,8H,4-7H2,1-2H3,(H,13,17). The third-order valence-corrected chi connectivity index (χ3v) is 3.96. The predicted octanol–water partition coefficient (Wildman–Crippen LogP) is 1.31. The summed E-state index contributed by atoms with van der Waals surface area (Å²) < 4.78 is 4.68. The molecule has 0 unspecified atom stereocenters. The Morgan fingerprint density at radius 2 is 2.00 bits per heavy atom. The minimum atomic E-state index is -0.427. The number of nitrogens with one attached hydrogen (secondary N) is 1. The number of likely N-dealkylation sites (N-methyl/N-ethyl adjacent to an activating group) is 1. The molecule has 1 aromatic heterocycles. The Morgan fingerprint density at radius 1 is 1.32 bits per heavy atom. The lowest BCUT2D eigenvalue weighted by Gasteiger charge is -2.32. The van der Waals surface area contributed by atoms with Crippen LogP contribution in [-0.4, -0.2) is 62.1 Å². The van der Waals surface area contributed by atoms with E-state index < -0.39 is 5.97 Å². The van der Waals surface area contributed by atoms with E-state index in [0.717, 1.165) is 13.1 Å². The highest BCUT2D eigenvalue weighted by atomic mass is 32.1. The molecule has 7 heteroatoms. The number of hydrogen-bond acceptors (Lipinski definition) is 5. The zero-order valence-electron chi connectivity index (χ0n) is 11.0. The highest BCUT2D eigenvalue weighted by Gasteiger charge is 2.21. The molecule has 2 amide bonds. The van der Waals surface area contributed by atoms with Gasteiger partial charge in [-0.25, -0.2) is 9.59 Å². The predicted molar refractivity (Wildman–Crippen MR) is 73.7 cm³/mol. The van der Waals surface area contributed by atoms with Crippen molar-refractivity contribution in [1.82, 2.24) is 9.80 Å². The molecule has 0 aliphatic carbocycles. The maximum absolute atomic E-state index is 12.1. The second kappa shape index (κ2) is 6.03. The van der Waals surface area contributed by atoms with Crippen LogP contribution in [0.25, 0.3) is 0 Å². The van der Waals surface area contributed by atoms with E-state index in [1.165, 1.54) is 18.4 Å². The molecular weight excluding hydrogens is 266 g/mol. The summed E-state index contributed by atoms with van der Waals surface area (Å²) in [6.07, 6.45) is 0. The number of amides is 2. The number of carbonyl (C=O) groups is 2. The molecule has 2 rings (SSSR count). The van der Waals surface area contributed by atoms with Crippen LogP contribution in [0.5, 0.6) is 0 Å². The first kappa shape index (κ1) is 13.8. The first-order chi connectivity index (χ1) is 9.11. The van der Waals surface area contributed by atoms with E-state index >= 15 is 0 Å². The van der Waals surface area contributed by atoms with Crippen molar-refractivity contribution in [2.45, 2.75) is 0 Å². The van der Waals surface area contributed by atoms with Gasteiger partial charge >= 0.3 is 12.0 Å². The Labute approximate surface area is 115 Å². The molecule has 1 aliphatic heterocycles. The SMILES string of the molecule is COC(=O)c1sccc1NC(=O)N1CCN(C)CC1. The highest BCUT2D eigenvalue weighted by Crippen LogP contribution is 2.23. The number of methoxy groups -OCH3 is 1. The molecule has 1 aliphatic rings. The molecule has 0 atom stereocenters. The first-order valence-corrected chi connectivity index (χ1v) is 6.90. The zero-order valence-corrected chi connectivity index (χ0v) is 11.8. The largest absolute Gasteiger partial charge is 0.465 e. The number of esters is 1. The fourth-order valence-corrected chi connectivity index (χ4v) is 2.63. The molecule has 2 heterocycles. The Morgan fingerprint density at radius 3 is 2.63 bits per heavy atom. The molecule has 1 fully saturated rings. The molecule has 104 valence electrons. The molecular formula is C12H17N3O3S. The summed E-state index contributed by atoms with van der Waals surface area (Å²) in [6.45, 7) is 3.11. The zero-order chi connectivity index (χ0) is 13.8. The van der Waals surface area contributed by atoms with Gasteiger partial charge in [0.25, 0.3) is 0 Å². The van der Waals surface area contributed by atoms with Gasteiger partial charge in [0.1, 0.15) is 4.88 Å². The van der Waals surface area contributed by atoms with Crippen LogP contribution in [0.15, 0.2) is 11.4 Å². The van der Waals surface area contributed by atoms with E-state index in [4.69, 9.17) is 0 Å². The average Bonchev–Trinajstić information content (AvgIpc) is 2.86. The Hall–Kier alpha value is -1.60. The number of ether oxygens (including phenoxy) is 1. The smallest absolute Gasteiger partial charge is 0.350 e. The van der Waals surface area contributed by atoms with Crippen molar-refractivity contribution in [1.29, 1.82) is 0 Å². The van der Waals surface area contributed by atoms with E-state index in [2.05, 4.69) is 15.0 Å². The number of thiophene rings is 1. The second-order valence-corrected chi connectivity index (χ2v) is 5.29. The molecule has 0 radical (unpaired) electrons. The number of rotatable bonds is 2. The van der Waals surface area contributed by atoms with Gasteiger partial charge in [0, 0.05) is 26.2 Å². The van der Waals surface area contributed by atoms with Crippen LogP contribution in [-0.2, 0) is 4.74 Å². The third-order valence-electron chi connectivity index (χ3n) is 3.07. The third kappa shape index (κ3) is 3.24. The Bertz CT molecular complexity index is 467. The molecule has 1 aromatic rings. The number of hydrogen-bond donors (Lipinski definition) is 1.